The van der Waals surface area contributed by atoms with E-state index in [2.05, 4.69) is 22.9 Å². The second kappa shape index (κ2) is 10.6. The lowest BCUT2D eigenvalue weighted by molar-refractivity contribution is 0.0845. The number of benzene rings is 2. The van der Waals surface area contributed by atoms with Crippen molar-refractivity contribution in [3.8, 4) is 17.2 Å². The molecule has 0 atom stereocenters. The molecule has 0 bridgehead atoms. The smallest absolute Gasteiger partial charge is 0.273 e. The van der Waals surface area contributed by atoms with Crippen molar-refractivity contribution in [2.75, 3.05) is 13.7 Å². The number of hydrogen-bond acceptors (Lipinski definition) is 5. The molecule has 0 aliphatic rings. The number of unbranched alkanes of at least 4 members (excludes halogenated alkanes) is 1. The van der Waals surface area contributed by atoms with Gasteiger partial charge in [-0.1, -0.05) is 13.3 Å². The van der Waals surface area contributed by atoms with Gasteiger partial charge in [-0.25, -0.2) is 9.07 Å². The molecule has 0 saturated heterocycles. The molecule has 2 N–H and O–H groups in total. The van der Waals surface area contributed by atoms with Gasteiger partial charge in [-0.2, -0.15) is 5.10 Å². The number of hydrazine groups is 1. The van der Waals surface area contributed by atoms with Crippen molar-refractivity contribution >= 4 is 11.8 Å². The standard InChI is InChI=1S/C24H27FN4O4/c1-5-6-13-33-20-12-7-17(14-21(20)32-4)23(30)26-27-24(31)22-15(2)28-29(16(22)3)19-10-8-18(25)9-11-19/h7-12,14H,5-6,13H2,1-4H3,(H,26,30)(H,27,31). The molecule has 174 valence electrons. The van der Waals surface area contributed by atoms with Gasteiger partial charge in [0.15, 0.2) is 11.5 Å². The quantitative estimate of drug-likeness (QED) is 0.398. The summed E-state index contributed by atoms with van der Waals surface area (Å²) >= 11 is 0. The van der Waals surface area contributed by atoms with Gasteiger partial charge in [0.1, 0.15) is 5.82 Å². The third-order valence-corrected chi connectivity index (χ3v) is 5.06. The Labute approximate surface area is 191 Å². The number of rotatable bonds is 8. The minimum absolute atomic E-state index is 0.297. The van der Waals surface area contributed by atoms with Gasteiger partial charge in [0.05, 0.1) is 36.4 Å². The molecule has 0 spiro atoms. The lowest BCUT2D eigenvalue weighted by atomic mass is 10.2. The molecule has 1 aromatic heterocycles. The SMILES string of the molecule is CCCCOc1ccc(C(=O)NNC(=O)c2c(C)nn(-c3ccc(F)cc3)c2C)cc1OC. The number of halogens is 1. The summed E-state index contributed by atoms with van der Waals surface area (Å²) in [5.74, 6) is -0.414. The molecule has 0 saturated carbocycles. The maximum atomic E-state index is 13.2. The number of nitrogens with one attached hydrogen (secondary N) is 2. The predicted octanol–water partition coefficient (Wildman–Crippen LogP) is 3.89. The highest BCUT2D eigenvalue weighted by Gasteiger charge is 2.20. The van der Waals surface area contributed by atoms with Crippen LogP contribution in [0.3, 0.4) is 0 Å². The van der Waals surface area contributed by atoms with E-state index in [4.69, 9.17) is 9.47 Å². The van der Waals surface area contributed by atoms with Crippen LogP contribution in [0.25, 0.3) is 5.69 Å². The Balaban J connectivity index is 1.69. The molecular weight excluding hydrogens is 427 g/mol. The molecular formula is C24H27FN4O4. The first-order chi connectivity index (χ1) is 15.8. The zero-order valence-corrected chi connectivity index (χ0v) is 19.1. The van der Waals surface area contributed by atoms with Gasteiger partial charge in [-0.05, 0) is 62.7 Å². The highest BCUT2D eigenvalue weighted by Crippen LogP contribution is 2.28. The van der Waals surface area contributed by atoms with Crippen LogP contribution in [0, 0.1) is 19.7 Å². The van der Waals surface area contributed by atoms with Crippen LogP contribution in [0.5, 0.6) is 11.5 Å². The summed E-state index contributed by atoms with van der Waals surface area (Å²) in [5.41, 5.74) is 7.09. The third-order valence-electron chi connectivity index (χ3n) is 5.06. The van der Waals surface area contributed by atoms with E-state index in [0.717, 1.165) is 12.8 Å². The molecule has 0 fully saturated rings. The predicted molar refractivity (Wildman–Crippen MR) is 121 cm³/mol. The summed E-state index contributed by atoms with van der Waals surface area (Å²) in [4.78, 5) is 25.3. The summed E-state index contributed by atoms with van der Waals surface area (Å²) in [7, 11) is 1.50. The molecule has 0 aliphatic heterocycles. The van der Waals surface area contributed by atoms with Crippen molar-refractivity contribution in [1.29, 1.82) is 0 Å². The van der Waals surface area contributed by atoms with Gasteiger partial charge in [-0.15, -0.1) is 0 Å². The first-order valence-electron chi connectivity index (χ1n) is 10.6. The topological polar surface area (TPSA) is 94.5 Å². The number of amides is 2. The van der Waals surface area contributed by atoms with Gasteiger partial charge in [0.25, 0.3) is 11.8 Å². The average Bonchev–Trinajstić information content (AvgIpc) is 3.11. The van der Waals surface area contributed by atoms with Crippen LogP contribution in [-0.2, 0) is 0 Å². The van der Waals surface area contributed by atoms with E-state index >= 15 is 0 Å². The number of aryl methyl sites for hydroxylation is 1. The molecule has 3 rings (SSSR count). The van der Waals surface area contributed by atoms with Crippen LogP contribution in [0.4, 0.5) is 4.39 Å². The molecule has 8 nitrogen and oxygen atoms in total. The van der Waals surface area contributed by atoms with Crippen molar-refractivity contribution in [2.45, 2.75) is 33.6 Å². The van der Waals surface area contributed by atoms with Crippen LogP contribution < -0.4 is 20.3 Å². The van der Waals surface area contributed by atoms with E-state index in [1.807, 2.05) is 0 Å². The fraction of sp³-hybridized carbons (Fsp3) is 0.292. The van der Waals surface area contributed by atoms with Crippen LogP contribution in [0.2, 0.25) is 0 Å². The number of methoxy groups -OCH3 is 1. The first kappa shape index (κ1) is 23.8. The molecule has 3 aromatic rings. The normalized spacial score (nSPS) is 10.6. The largest absolute Gasteiger partial charge is 0.493 e. The maximum Gasteiger partial charge on any atom is 0.273 e. The van der Waals surface area contributed by atoms with Crippen molar-refractivity contribution in [3.05, 3.63) is 70.8 Å². The summed E-state index contributed by atoms with van der Waals surface area (Å²) in [6, 6.07) is 10.6. The molecule has 2 aromatic carbocycles. The molecule has 0 radical (unpaired) electrons. The Hall–Kier alpha value is -3.88. The molecule has 9 heteroatoms. The lowest BCUT2D eigenvalue weighted by Crippen LogP contribution is -2.42. The van der Waals surface area contributed by atoms with E-state index in [0.29, 0.717) is 46.3 Å². The Morgan fingerprint density at radius 1 is 1.03 bits per heavy atom. The van der Waals surface area contributed by atoms with Gasteiger partial charge in [0, 0.05) is 5.56 Å². The van der Waals surface area contributed by atoms with Gasteiger partial charge < -0.3 is 9.47 Å². The van der Waals surface area contributed by atoms with Gasteiger partial charge >= 0.3 is 0 Å². The van der Waals surface area contributed by atoms with Crippen LogP contribution in [0.1, 0.15) is 51.9 Å². The molecule has 2 amide bonds. The fourth-order valence-electron chi connectivity index (χ4n) is 3.31. The number of carbonyl (C=O) groups is 2. The zero-order valence-electron chi connectivity index (χ0n) is 19.1. The minimum Gasteiger partial charge on any atom is -0.493 e. The van der Waals surface area contributed by atoms with Crippen molar-refractivity contribution in [3.63, 3.8) is 0 Å². The van der Waals surface area contributed by atoms with Gasteiger partial charge in [0.2, 0.25) is 0 Å². The lowest BCUT2D eigenvalue weighted by Gasteiger charge is -2.12. The van der Waals surface area contributed by atoms with Crippen LogP contribution in [0.15, 0.2) is 42.5 Å². The molecule has 0 aliphatic carbocycles. The molecule has 1 heterocycles. The Kier molecular flexibility index (Phi) is 7.66. The second-order valence-corrected chi connectivity index (χ2v) is 7.41. The Bertz CT molecular complexity index is 1140. The first-order valence-corrected chi connectivity index (χ1v) is 10.6. The second-order valence-electron chi connectivity index (χ2n) is 7.41. The van der Waals surface area contributed by atoms with E-state index in [1.165, 1.54) is 19.2 Å². The summed E-state index contributed by atoms with van der Waals surface area (Å²) in [6.45, 7) is 6.03. The highest BCUT2D eigenvalue weighted by atomic mass is 19.1. The summed E-state index contributed by atoms with van der Waals surface area (Å²) in [5, 5.41) is 4.37. The zero-order chi connectivity index (χ0) is 24.0. The number of nitrogens with zero attached hydrogens (tertiary/aromatic N) is 2. The maximum absolute atomic E-state index is 13.2. The average molecular weight is 455 g/mol. The number of hydrogen-bond donors (Lipinski definition) is 2. The number of aromatic nitrogens is 2. The van der Waals surface area contributed by atoms with Crippen LogP contribution >= 0.6 is 0 Å². The van der Waals surface area contributed by atoms with E-state index in [1.54, 1.807) is 48.9 Å². The molecule has 0 unspecified atom stereocenters. The van der Waals surface area contributed by atoms with E-state index in [-0.39, 0.29) is 5.82 Å². The van der Waals surface area contributed by atoms with Crippen molar-refractivity contribution < 1.29 is 23.5 Å². The Morgan fingerprint density at radius 3 is 2.39 bits per heavy atom. The third kappa shape index (κ3) is 5.49. The van der Waals surface area contributed by atoms with Crippen molar-refractivity contribution in [1.82, 2.24) is 20.6 Å². The van der Waals surface area contributed by atoms with Crippen LogP contribution in [-0.4, -0.2) is 35.3 Å². The monoisotopic (exact) mass is 454 g/mol. The summed E-state index contributed by atoms with van der Waals surface area (Å²) in [6.07, 6.45) is 1.91. The minimum atomic E-state index is -0.516. The van der Waals surface area contributed by atoms with Crippen molar-refractivity contribution in [2.24, 2.45) is 0 Å². The summed E-state index contributed by atoms with van der Waals surface area (Å²) < 4.78 is 25.8. The highest BCUT2D eigenvalue weighted by molar-refractivity contribution is 6.00. The van der Waals surface area contributed by atoms with Gasteiger partial charge in [-0.3, -0.25) is 20.4 Å². The fourth-order valence-corrected chi connectivity index (χ4v) is 3.31. The Morgan fingerprint density at radius 2 is 1.73 bits per heavy atom. The van der Waals surface area contributed by atoms with E-state index in [9.17, 15) is 14.0 Å². The van der Waals surface area contributed by atoms with E-state index < -0.39 is 11.8 Å². The number of ether oxygens (including phenoxy) is 2. The number of carbonyl (C=O) groups excluding carboxylic acids is 2. The molecule has 33 heavy (non-hydrogen) atoms.